The van der Waals surface area contributed by atoms with Crippen LogP contribution in [0.25, 0.3) is 55.6 Å². The van der Waals surface area contributed by atoms with Crippen LogP contribution < -0.4 is 0 Å². The van der Waals surface area contributed by atoms with Gasteiger partial charge in [0.25, 0.3) is 0 Å². The molecule has 0 atom stereocenters. The number of fused-ring (bicyclic) bond motifs is 3. The maximum atomic E-state index is 8.17. The fourth-order valence-corrected chi connectivity index (χ4v) is 6.25. The largest absolute Gasteiger partial charge is 0.500 e. The van der Waals surface area contributed by atoms with Gasteiger partial charge >= 0.3 is 0 Å². The minimum Gasteiger partial charge on any atom is -0.500 e. The molecule has 0 unspecified atom stereocenters. The van der Waals surface area contributed by atoms with Gasteiger partial charge in [-0.15, -0.1) is 59.2 Å². The van der Waals surface area contributed by atoms with Crippen LogP contribution in [-0.2, 0) is 25.5 Å². The molecular weight excluding hydrogens is 789 g/mol. The molecule has 249 valence electrons. The fraction of sp³-hybridized carbons (Fsp3) is 0.130. The maximum Gasteiger partial charge on any atom is 0.120 e. The Labute approximate surface area is 309 Å². The second-order valence-corrected chi connectivity index (χ2v) is 12.9. The predicted molar refractivity (Wildman–Crippen MR) is 202 cm³/mol. The number of rotatable bonds is 6. The summed E-state index contributed by atoms with van der Waals surface area (Å²) in [5, 5.41) is 2.21. The van der Waals surface area contributed by atoms with Gasteiger partial charge in [-0.05, 0) is 46.6 Å². The summed E-state index contributed by atoms with van der Waals surface area (Å²) >= 11 is 0. The van der Waals surface area contributed by atoms with E-state index in [0.717, 1.165) is 55.6 Å². The Bertz CT molecular complexity index is 2400. The van der Waals surface area contributed by atoms with E-state index in [0.29, 0.717) is 0 Å². The summed E-state index contributed by atoms with van der Waals surface area (Å²) in [6.07, 6.45) is 3.62. The van der Waals surface area contributed by atoms with Crippen LogP contribution in [0.5, 0.6) is 0 Å². The number of furan rings is 1. The predicted octanol–water partition coefficient (Wildman–Crippen LogP) is 12.1. The van der Waals surface area contributed by atoms with Gasteiger partial charge in [0.15, 0.2) is 0 Å². The Hall–Kier alpha value is -5.15. The van der Waals surface area contributed by atoms with Crippen molar-refractivity contribution < 1.29 is 25.9 Å². The average Bonchev–Trinajstić information content (AvgIpc) is 3.54. The quantitative estimate of drug-likeness (QED) is 0.157. The van der Waals surface area contributed by atoms with E-state index in [2.05, 4.69) is 104 Å². The summed E-state index contributed by atoms with van der Waals surface area (Å²) < 4.78 is 14.1. The molecule has 0 aliphatic carbocycles. The Kier molecular flexibility index (Phi) is 10.1. The van der Waals surface area contributed by atoms with E-state index in [9.17, 15) is 0 Å². The summed E-state index contributed by atoms with van der Waals surface area (Å²) in [5.41, 5.74) is 11.1. The molecule has 0 aliphatic heterocycles. The van der Waals surface area contributed by atoms with Crippen LogP contribution in [-0.4, -0.2) is 9.97 Å². The van der Waals surface area contributed by atoms with E-state index in [1.54, 1.807) is 6.20 Å². The summed E-state index contributed by atoms with van der Waals surface area (Å²) in [4.78, 5) is 9.19. The number of hydrogen-bond donors (Lipinski definition) is 0. The molecule has 3 aromatic heterocycles. The van der Waals surface area contributed by atoms with E-state index in [1.807, 2.05) is 86.8 Å². The van der Waals surface area contributed by atoms with Gasteiger partial charge in [-0.1, -0.05) is 135 Å². The standard InChI is InChI=1S/C26H20NO.C20H18N.Ir/c1-26(2,19-9-4-3-5-10-19)22-12-8-16-27-25(22)18-14-15-24-21(17-18)20-11-6-7-13-23(20)28-24;1-15(2)17-11-12-21-20(14-17)19-10-6-9-18(13-19)16-7-4-3-5-8-16;/h3-13,15-17H,1-2H3;3-9,11-15H,1-2H3;/q2*-1;/i;15D;. The summed E-state index contributed by atoms with van der Waals surface area (Å²) in [7, 11) is 0. The van der Waals surface area contributed by atoms with E-state index < -0.39 is 5.89 Å². The van der Waals surface area contributed by atoms with Crippen molar-refractivity contribution in [3.8, 4) is 33.6 Å². The summed E-state index contributed by atoms with van der Waals surface area (Å²) in [6, 6.07) is 53.8. The molecule has 8 rings (SSSR count). The molecule has 0 bridgehead atoms. The summed E-state index contributed by atoms with van der Waals surface area (Å²) in [5.74, 6) is -0.630. The van der Waals surface area contributed by atoms with Crippen LogP contribution in [0.4, 0.5) is 0 Å². The van der Waals surface area contributed by atoms with Crippen molar-refractivity contribution >= 4 is 21.9 Å². The minimum atomic E-state index is -0.630. The van der Waals surface area contributed by atoms with Crippen molar-refractivity contribution in [1.82, 2.24) is 9.97 Å². The zero-order chi connectivity index (χ0) is 34.7. The first-order valence-corrected chi connectivity index (χ1v) is 16.6. The Morgan fingerprint density at radius 1 is 0.660 bits per heavy atom. The fourth-order valence-electron chi connectivity index (χ4n) is 6.25. The Morgan fingerprint density at radius 2 is 1.40 bits per heavy atom. The summed E-state index contributed by atoms with van der Waals surface area (Å²) in [6.45, 7) is 8.26. The molecule has 1 radical (unpaired) electrons. The van der Waals surface area contributed by atoms with E-state index in [-0.39, 0.29) is 25.5 Å². The third-order valence-electron chi connectivity index (χ3n) is 9.06. The molecule has 4 heteroatoms. The molecular formula is C46H38IrN2O-2. The molecule has 0 aliphatic rings. The normalized spacial score (nSPS) is 11.7. The van der Waals surface area contributed by atoms with Gasteiger partial charge in [0.2, 0.25) is 0 Å². The number of nitrogens with zero attached hydrogens (tertiary/aromatic N) is 2. The van der Waals surface area contributed by atoms with Crippen molar-refractivity contribution in [1.29, 1.82) is 0 Å². The van der Waals surface area contributed by atoms with Gasteiger partial charge in [-0.3, -0.25) is 0 Å². The zero-order valence-corrected chi connectivity index (χ0v) is 31.0. The molecule has 0 fully saturated rings. The van der Waals surface area contributed by atoms with Crippen LogP contribution in [0.15, 0.2) is 156 Å². The second kappa shape index (κ2) is 15.2. The number of benzene rings is 5. The molecule has 0 saturated carbocycles. The van der Waals surface area contributed by atoms with E-state index in [4.69, 9.17) is 10.8 Å². The second-order valence-electron chi connectivity index (χ2n) is 12.9. The molecule has 5 aromatic carbocycles. The van der Waals surface area contributed by atoms with Crippen molar-refractivity contribution in [3.05, 3.63) is 181 Å². The van der Waals surface area contributed by atoms with Gasteiger partial charge in [-0.25, -0.2) is 0 Å². The van der Waals surface area contributed by atoms with Gasteiger partial charge in [0, 0.05) is 44.7 Å². The van der Waals surface area contributed by atoms with Crippen LogP contribution in [0, 0.1) is 12.1 Å². The maximum absolute atomic E-state index is 8.17. The minimum absolute atomic E-state index is 0. The van der Waals surface area contributed by atoms with Crippen LogP contribution >= 0.6 is 0 Å². The molecule has 50 heavy (non-hydrogen) atoms. The molecule has 0 amide bonds. The number of para-hydroxylation sites is 1. The van der Waals surface area contributed by atoms with Crippen molar-refractivity contribution in [2.45, 2.75) is 39.0 Å². The van der Waals surface area contributed by atoms with Gasteiger partial charge in [0.05, 0.1) is 5.58 Å². The monoisotopic (exact) mass is 828 g/mol. The van der Waals surface area contributed by atoms with Crippen molar-refractivity contribution in [2.75, 3.05) is 0 Å². The number of aromatic nitrogens is 2. The first-order valence-electron chi connectivity index (χ1n) is 17.1. The molecule has 8 aromatic rings. The molecule has 0 spiro atoms. The first-order chi connectivity index (χ1) is 24.2. The van der Waals surface area contributed by atoms with Crippen molar-refractivity contribution in [3.63, 3.8) is 0 Å². The van der Waals surface area contributed by atoms with Gasteiger partial charge in [0.1, 0.15) is 5.58 Å². The molecule has 3 heterocycles. The van der Waals surface area contributed by atoms with Crippen LogP contribution in [0.2, 0.25) is 0 Å². The SMILES string of the molecule is CC(C)(c1ccccc1)c1cccnc1-c1[c-]cc2oc3ccccc3c2c1.[2H]C(C)(C)c1ccnc(-c2[c-]ccc(-c3ccccc3)c2)c1.[Ir]. The third-order valence-corrected chi connectivity index (χ3v) is 9.06. The first kappa shape index (κ1) is 33.4. The molecule has 0 saturated heterocycles. The van der Waals surface area contributed by atoms with E-state index in [1.165, 1.54) is 16.7 Å². The average molecular weight is 828 g/mol. The topological polar surface area (TPSA) is 38.9 Å². The van der Waals surface area contributed by atoms with Gasteiger partial charge < -0.3 is 14.4 Å². The molecule has 3 nitrogen and oxygen atoms in total. The van der Waals surface area contributed by atoms with Crippen molar-refractivity contribution in [2.24, 2.45) is 0 Å². The van der Waals surface area contributed by atoms with Crippen LogP contribution in [0.1, 0.15) is 51.7 Å². The number of pyridine rings is 2. The smallest absolute Gasteiger partial charge is 0.120 e. The number of hydrogen-bond acceptors (Lipinski definition) is 3. The van der Waals surface area contributed by atoms with Gasteiger partial charge in [-0.2, -0.15) is 0 Å². The zero-order valence-electron chi connectivity index (χ0n) is 29.6. The molecule has 0 N–H and O–H groups in total. The van der Waals surface area contributed by atoms with Crippen LogP contribution in [0.3, 0.4) is 0 Å². The Balaban J connectivity index is 0.000000178. The Morgan fingerprint density at radius 3 is 2.18 bits per heavy atom. The third kappa shape index (κ3) is 7.23. The van der Waals surface area contributed by atoms with E-state index >= 15 is 0 Å².